The highest BCUT2D eigenvalue weighted by Crippen LogP contribution is 2.39. The smallest absolute Gasteiger partial charge is 0.265 e. The second-order valence-corrected chi connectivity index (χ2v) is 6.05. The number of ether oxygens (including phenoxy) is 2. The van der Waals surface area contributed by atoms with Gasteiger partial charge in [-0.3, -0.25) is 9.69 Å². The van der Waals surface area contributed by atoms with E-state index in [1.807, 2.05) is 0 Å². The lowest BCUT2D eigenvalue weighted by atomic mass is 10.2. The van der Waals surface area contributed by atoms with Gasteiger partial charge in [0.1, 0.15) is 4.32 Å². The quantitative estimate of drug-likeness (QED) is 0.589. The summed E-state index contributed by atoms with van der Waals surface area (Å²) in [5, 5.41) is 0.505. The summed E-state index contributed by atoms with van der Waals surface area (Å²) in [7, 11) is 1.65. The van der Waals surface area contributed by atoms with Crippen molar-refractivity contribution in [3.63, 3.8) is 0 Å². The first-order valence-electron chi connectivity index (χ1n) is 5.37. The number of hydrogen-bond acceptors (Lipinski definition) is 5. The van der Waals surface area contributed by atoms with Crippen LogP contribution in [0.15, 0.2) is 17.0 Å². The molecule has 0 radical (unpaired) electrons. The first-order valence-corrected chi connectivity index (χ1v) is 6.97. The largest absolute Gasteiger partial charge is 0.454 e. The maximum atomic E-state index is 11.9. The molecule has 0 saturated carbocycles. The Hall–Kier alpha value is -1.24. The Balaban J connectivity index is 2.00. The van der Waals surface area contributed by atoms with E-state index in [2.05, 4.69) is 0 Å². The predicted molar refractivity (Wildman–Crippen MR) is 78.5 cm³/mol. The van der Waals surface area contributed by atoms with Gasteiger partial charge in [0.25, 0.3) is 5.91 Å². The molecule has 1 amide bonds. The fourth-order valence-corrected chi connectivity index (χ4v) is 3.11. The van der Waals surface area contributed by atoms with Crippen molar-refractivity contribution in [2.24, 2.45) is 0 Å². The second-order valence-electron chi connectivity index (χ2n) is 3.97. The molecule has 19 heavy (non-hydrogen) atoms. The lowest BCUT2D eigenvalue weighted by Crippen LogP contribution is -2.22. The monoisotopic (exact) mass is 313 g/mol. The van der Waals surface area contributed by atoms with Gasteiger partial charge < -0.3 is 9.47 Å². The van der Waals surface area contributed by atoms with Gasteiger partial charge in [-0.25, -0.2) is 0 Å². The van der Waals surface area contributed by atoms with E-state index in [4.69, 9.17) is 33.3 Å². The minimum Gasteiger partial charge on any atom is -0.454 e. The van der Waals surface area contributed by atoms with E-state index in [-0.39, 0.29) is 12.7 Å². The third-order valence-corrected chi connectivity index (χ3v) is 4.58. The van der Waals surface area contributed by atoms with Crippen LogP contribution in [0.25, 0.3) is 6.08 Å². The van der Waals surface area contributed by atoms with Gasteiger partial charge in [0.15, 0.2) is 11.5 Å². The minimum atomic E-state index is -0.122. The molecule has 0 bridgehead atoms. The predicted octanol–water partition coefficient (Wildman–Crippen LogP) is 2.90. The molecule has 0 atom stereocenters. The summed E-state index contributed by atoms with van der Waals surface area (Å²) in [6.45, 7) is 0.187. The number of rotatable bonds is 1. The van der Waals surface area contributed by atoms with Crippen molar-refractivity contribution in [3.05, 3.63) is 27.6 Å². The number of thiocarbonyl (C=S) groups is 1. The lowest BCUT2D eigenvalue weighted by molar-refractivity contribution is -0.121. The molecule has 7 heteroatoms. The highest BCUT2D eigenvalue weighted by Gasteiger charge is 2.29. The van der Waals surface area contributed by atoms with Crippen molar-refractivity contribution in [1.82, 2.24) is 4.90 Å². The standard InChI is InChI=1S/C12H8ClNO3S2/c1-14-11(15)10(19-12(14)18)3-6-2-8-9(4-7(6)13)17-5-16-8/h2-4H,5H2,1H3/b10-3-. The molecule has 0 aromatic heterocycles. The van der Waals surface area contributed by atoms with Crippen molar-refractivity contribution in [1.29, 1.82) is 0 Å². The molecule has 2 heterocycles. The van der Waals surface area contributed by atoms with Crippen molar-refractivity contribution in [3.8, 4) is 11.5 Å². The molecule has 0 aliphatic carbocycles. The fraction of sp³-hybridized carbons (Fsp3) is 0.167. The van der Waals surface area contributed by atoms with E-state index in [1.165, 1.54) is 16.7 Å². The van der Waals surface area contributed by atoms with Crippen LogP contribution in [-0.2, 0) is 4.79 Å². The van der Waals surface area contributed by atoms with Crippen LogP contribution in [0.5, 0.6) is 11.5 Å². The number of benzene rings is 1. The van der Waals surface area contributed by atoms with Gasteiger partial charge in [0, 0.05) is 13.1 Å². The van der Waals surface area contributed by atoms with Crippen LogP contribution < -0.4 is 9.47 Å². The SMILES string of the molecule is CN1C(=O)/C(=C/c2cc3c(cc2Cl)OCO3)SC1=S. The molecular weight excluding hydrogens is 306 g/mol. The number of carbonyl (C=O) groups is 1. The zero-order valence-corrected chi connectivity index (χ0v) is 12.2. The first-order chi connectivity index (χ1) is 9.06. The van der Waals surface area contributed by atoms with Crippen LogP contribution in [0.1, 0.15) is 5.56 Å². The maximum absolute atomic E-state index is 11.9. The summed E-state index contributed by atoms with van der Waals surface area (Å²) in [6, 6.07) is 3.44. The topological polar surface area (TPSA) is 38.8 Å². The third-order valence-electron chi connectivity index (χ3n) is 2.77. The van der Waals surface area contributed by atoms with Crippen LogP contribution >= 0.6 is 35.6 Å². The number of fused-ring (bicyclic) bond motifs is 1. The first kappa shape index (κ1) is 12.8. The van der Waals surface area contributed by atoms with E-state index < -0.39 is 0 Å². The van der Waals surface area contributed by atoms with Gasteiger partial charge in [0.2, 0.25) is 6.79 Å². The van der Waals surface area contributed by atoms with Crippen LogP contribution in [0, 0.1) is 0 Å². The van der Waals surface area contributed by atoms with Gasteiger partial charge in [-0.15, -0.1) is 0 Å². The zero-order valence-electron chi connectivity index (χ0n) is 9.81. The van der Waals surface area contributed by atoms with Crippen molar-refractivity contribution >= 4 is 51.9 Å². The van der Waals surface area contributed by atoms with Crippen LogP contribution in [0.4, 0.5) is 0 Å². The molecule has 0 N–H and O–H groups in total. The van der Waals surface area contributed by atoms with Crippen LogP contribution in [-0.4, -0.2) is 29.0 Å². The van der Waals surface area contributed by atoms with Gasteiger partial charge >= 0.3 is 0 Å². The number of thioether (sulfide) groups is 1. The number of carbonyl (C=O) groups excluding carboxylic acids is 1. The molecule has 98 valence electrons. The normalized spacial score (nSPS) is 19.7. The Kier molecular flexibility index (Phi) is 3.16. The Morgan fingerprint density at radius 1 is 1.42 bits per heavy atom. The Morgan fingerprint density at radius 2 is 2.11 bits per heavy atom. The Bertz CT molecular complexity index is 630. The molecule has 1 aromatic rings. The molecule has 1 fully saturated rings. The molecular formula is C12H8ClNO3S2. The number of hydrogen-bond donors (Lipinski definition) is 0. The van der Waals surface area contributed by atoms with E-state index in [1.54, 1.807) is 25.3 Å². The van der Waals surface area contributed by atoms with Crippen molar-refractivity contribution in [2.45, 2.75) is 0 Å². The van der Waals surface area contributed by atoms with Crippen LogP contribution in [0.2, 0.25) is 5.02 Å². The summed E-state index contributed by atoms with van der Waals surface area (Å²) >= 11 is 12.5. The average molecular weight is 314 g/mol. The fourth-order valence-electron chi connectivity index (χ4n) is 1.73. The third kappa shape index (κ3) is 2.20. The summed E-state index contributed by atoms with van der Waals surface area (Å²) in [4.78, 5) is 13.9. The van der Waals surface area contributed by atoms with Crippen molar-refractivity contribution in [2.75, 3.05) is 13.8 Å². The number of halogens is 1. The van der Waals surface area contributed by atoms with E-state index in [0.717, 1.165) is 0 Å². The van der Waals surface area contributed by atoms with Gasteiger partial charge in [-0.1, -0.05) is 35.6 Å². The van der Waals surface area contributed by atoms with E-state index in [0.29, 0.717) is 31.3 Å². The van der Waals surface area contributed by atoms with Crippen molar-refractivity contribution < 1.29 is 14.3 Å². The van der Waals surface area contributed by atoms with Gasteiger partial charge in [-0.05, 0) is 17.7 Å². The molecule has 1 saturated heterocycles. The van der Waals surface area contributed by atoms with Crippen LogP contribution in [0.3, 0.4) is 0 Å². The number of likely N-dealkylation sites (N-methyl/N-ethyl adjacent to an activating group) is 1. The number of nitrogens with zero attached hydrogens (tertiary/aromatic N) is 1. The van der Waals surface area contributed by atoms with Gasteiger partial charge in [0.05, 0.1) is 9.93 Å². The molecule has 2 aliphatic rings. The summed E-state index contributed by atoms with van der Waals surface area (Å²) in [5.41, 5.74) is 0.708. The van der Waals surface area contributed by atoms with E-state index >= 15 is 0 Å². The second kappa shape index (κ2) is 4.70. The maximum Gasteiger partial charge on any atom is 0.265 e. The molecule has 4 nitrogen and oxygen atoms in total. The zero-order chi connectivity index (χ0) is 13.6. The average Bonchev–Trinajstić information content (AvgIpc) is 2.91. The lowest BCUT2D eigenvalue weighted by Gasteiger charge is -2.04. The molecule has 1 aromatic carbocycles. The summed E-state index contributed by atoms with van der Waals surface area (Å²) in [6.07, 6.45) is 1.72. The highest BCUT2D eigenvalue weighted by molar-refractivity contribution is 8.26. The molecule has 3 rings (SSSR count). The van der Waals surface area contributed by atoms with Gasteiger partial charge in [-0.2, -0.15) is 0 Å². The summed E-state index contributed by atoms with van der Waals surface area (Å²) in [5.74, 6) is 1.12. The van der Waals surface area contributed by atoms with E-state index in [9.17, 15) is 4.79 Å². The number of amides is 1. The molecule has 0 spiro atoms. The molecule has 0 unspecified atom stereocenters. The Morgan fingerprint density at radius 3 is 2.74 bits per heavy atom. The highest BCUT2D eigenvalue weighted by atomic mass is 35.5. The Labute approximate surface area is 124 Å². The molecule has 2 aliphatic heterocycles. The minimum absolute atomic E-state index is 0.122. The summed E-state index contributed by atoms with van der Waals surface area (Å²) < 4.78 is 11.1.